The summed E-state index contributed by atoms with van der Waals surface area (Å²) in [6, 6.07) is 11.3. The molecule has 1 saturated heterocycles. The molecule has 0 aliphatic carbocycles. The van der Waals surface area contributed by atoms with E-state index in [1.54, 1.807) is 0 Å². The van der Waals surface area contributed by atoms with Crippen LogP contribution < -0.4 is 0 Å². The van der Waals surface area contributed by atoms with E-state index in [1.165, 1.54) is 48.5 Å². The fourth-order valence-corrected chi connectivity index (χ4v) is 3.75. The van der Waals surface area contributed by atoms with Gasteiger partial charge in [0.15, 0.2) is 0 Å². The van der Waals surface area contributed by atoms with Crippen molar-refractivity contribution < 1.29 is 93.6 Å². The number of ether oxygens (including phenoxy) is 3. The highest BCUT2D eigenvalue weighted by Gasteiger charge is 2.95. The van der Waals surface area contributed by atoms with E-state index in [4.69, 9.17) is 9.47 Å². The van der Waals surface area contributed by atoms with Crippen LogP contribution >= 0.6 is 0 Å². The first-order valence-electron chi connectivity index (χ1n) is 12.9. The molecule has 0 amide bonds. The molecule has 1 aliphatic heterocycles. The quantitative estimate of drug-likeness (QED) is 0.0796. The monoisotopic (exact) mass is 730 g/mol. The Hall–Kier alpha value is -3.36. The summed E-state index contributed by atoms with van der Waals surface area (Å²) < 4.78 is 242. The summed E-state index contributed by atoms with van der Waals surface area (Å²) in [5.41, 5.74) is 1.38. The Morgan fingerprint density at radius 2 is 1.04 bits per heavy atom. The highest BCUT2D eigenvalue weighted by molar-refractivity contribution is 5.90. The molecule has 1 heterocycles. The molecule has 48 heavy (non-hydrogen) atoms. The maximum atomic E-state index is 14.0. The van der Waals surface area contributed by atoms with Gasteiger partial charge in [0.2, 0.25) is 0 Å². The lowest BCUT2D eigenvalue weighted by atomic mass is 9.88. The molecule has 0 radical (unpaired) electrons. The molecule has 4 nitrogen and oxygen atoms in total. The van der Waals surface area contributed by atoms with Gasteiger partial charge in [0.1, 0.15) is 12.7 Å². The fraction of sp³-hybridized carbons (Fsp3) is 0.519. The Morgan fingerprint density at radius 3 is 1.48 bits per heavy atom. The molecule has 0 N–H and O–H groups in total. The van der Waals surface area contributed by atoms with E-state index in [-0.39, 0.29) is 23.8 Å². The Balaban J connectivity index is 1.64. The standard InChI is InChI=1S/C27H19F17O4/c28-20(29,21(30,31)22(32,33)23(34,35)24(36,37)25(38,39)26(40,41)27(42,43)44)9-10-46-11-14-1-3-15(4-2-14)16-5-7-17(8-6-16)19(45)48-13-18-12-47-18/h1-8,18H,9-13H2. The zero-order chi connectivity index (χ0) is 36.8. The minimum atomic E-state index is -8.66. The van der Waals surface area contributed by atoms with Crippen LogP contribution in [-0.2, 0) is 20.8 Å². The number of epoxide rings is 1. The van der Waals surface area contributed by atoms with Crippen LogP contribution in [0, 0.1) is 0 Å². The maximum Gasteiger partial charge on any atom is 0.460 e. The number of esters is 1. The number of carbonyl (C=O) groups excluding carboxylic acids is 1. The molecule has 21 heteroatoms. The number of hydrogen-bond donors (Lipinski definition) is 0. The van der Waals surface area contributed by atoms with Crippen LogP contribution in [0.3, 0.4) is 0 Å². The van der Waals surface area contributed by atoms with Crippen molar-refractivity contribution in [3.05, 3.63) is 59.7 Å². The normalized spacial score (nSPS) is 17.0. The second-order valence-corrected chi connectivity index (χ2v) is 10.3. The van der Waals surface area contributed by atoms with Crippen LogP contribution in [0.5, 0.6) is 0 Å². The third-order valence-electron chi connectivity index (χ3n) is 6.83. The van der Waals surface area contributed by atoms with Crippen molar-refractivity contribution in [3.63, 3.8) is 0 Å². The van der Waals surface area contributed by atoms with Crippen LogP contribution in [0.4, 0.5) is 74.6 Å². The molecule has 1 unspecified atom stereocenters. The van der Waals surface area contributed by atoms with Gasteiger partial charge in [0, 0.05) is 6.42 Å². The van der Waals surface area contributed by atoms with Crippen molar-refractivity contribution in [2.75, 3.05) is 19.8 Å². The molecule has 2 aromatic rings. The largest absolute Gasteiger partial charge is 0.460 e. The van der Waals surface area contributed by atoms with Gasteiger partial charge in [-0.3, -0.25) is 0 Å². The average molecular weight is 730 g/mol. The fourth-order valence-electron chi connectivity index (χ4n) is 3.75. The number of rotatable bonds is 15. The van der Waals surface area contributed by atoms with Crippen molar-refractivity contribution in [2.24, 2.45) is 0 Å². The van der Waals surface area contributed by atoms with Gasteiger partial charge in [-0.2, -0.15) is 74.6 Å². The van der Waals surface area contributed by atoms with Gasteiger partial charge in [-0.25, -0.2) is 4.79 Å². The molecule has 270 valence electrons. The maximum absolute atomic E-state index is 14.0. The number of alkyl halides is 17. The second kappa shape index (κ2) is 12.8. The molecule has 1 atom stereocenters. The van der Waals surface area contributed by atoms with Gasteiger partial charge in [0.05, 0.1) is 25.4 Å². The van der Waals surface area contributed by atoms with Crippen LogP contribution in [-0.4, -0.2) is 79.5 Å². The van der Waals surface area contributed by atoms with Crippen LogP contribution in [0.2, 0.25) is 0 Å². The Morgan fingerprint density at radius 1 is 0.625 bits per heavy atom. The molecule has 3 rings (SSSR count). The molecule has 0 spiro atoms. The lowest BCUT2D eigenvalue weighted by molar-refractivity contribution is -0.462. The number of benzene rings is 2. The smallest absolute Gasteiger partial charge is 0.459 e. The Labute approximate surface area is 257 Å². The van der Waals surface area contributed by atoms with E-state index in [2.05, 4.69) is 4.74 Å². The first-order valence-corrected chi connectivity index (χ1v) is 12.9. The average Bonchev–Trinajstić information content (AvgIpc) is 3.82. The topological polar surface area (TPSA) is 48.1 Å². The summed E-state index contributed by atoms with van der Waals surface area (Å²) in [5.74, 6) is -57.2. The third-order valence-corrected chi connectivity index (χ3v) is 6.83. The van der Waals surface area contributed by atoms with Gasteiger partial charge in [-0.1, -0.05) is 36.4 Å². The van der Waals surface area contributed by atoms with Crippen molar-refractivity contribution in [2.45, 2.75) is 66.8 Å². The molecule has 2 aromatic carbocycles. The summed E-state index contributed by atoms with van der Waals surface area (Å²) >= 11 is 0. The van der Waals surface area contributed by atoms with Crippen molar-refractivity contribution in [1.29, 1.82) is 0 Å². The Bertz CT molecular complexity index is 1420. The molecule has 1 aliphatic rings. The lowest BCUT2D eigenvalue weighted by Gasteiger charge is -2.42. The number of halogens is 17. The SMILES string of the molecule is O=C(OCC1CO1)c1ccc(-c2ccc(COCCC(F)(F)C(F)(F)C(F)(F)C(F)(F)C(F)(F)C(F)(F)C(F)(F)C(F)(F)F)cc2)cc1. The predicted octanol–water partition coefficient (Wildman–Crippen LogP) is 8.83. The Kier molecular flexibility index (Phi) is 10.4. The van der Waals surface area contributed by atoms with Gasteiger partial charge in [-0.05, 0) is 28.8 Å². The molecular formula is C27H19F17O4. The van der Waals surface area contributed by atoms with E-state index < -0.39 is 73.2 Å². The zero-order valence-corrected chi connectivity index (χ0v) is 23.3. The van der Waals surface area contributed by atoms with Gasteiger partial charge in [0.25, 0.3) is 0 Å². The van der Waals surface area contributed by atoms with Crippen LogP contribution in [0.15, 0.2) is 48.5 Å². The van der Waals surface area contributed by atoms with Crippen molar-refractivity contribution >= 4 is 5.97 Å². The van der Waals surface area contributed by atoms with Crippen molar-refractivity contribution in [1.82, 2.24) is 0 Å². The van der Waals surface area contributed by atoms with E-state index in [1.807, 2.05) is 0 Å². The summed E-state index contributed by atoms with van der Waals surface area (Å²) in [4.78, 5) is 12.0. The van der Waals surface area contributed by atoms with Gasteiger partial charge < -0.3 is 14.2 Å². The highest BCUT2D eigenvalue weighted by atomic mass is 19.4. The number of hydrogen-bond acceptors (Lipinski definition) is 4. The summed E-state index contributed by atoms with van der Waals surface area (Å²) in [5, 5.41) is 0. The summed E-state index contributed by atoms with van der Waals surface area (Å²) in [7, 11) is 0. The zero-order valence-electron chi connectivity index (χ0n) is 23.3. The summed E-state index contributed by atoms with van der Waals surface area (Å²) in [6.45, 7) is -1.89. The third kappa shape index (κ3) is 6.88. The second-order valence-electron chi connectivity index (χ2n) is 10.3. The molecule has 1 fully saturated rings. The number of carbonyl (C=O) groups is 1. The van der Waals surface area contributed by atoms with Crippen LogP contribution in [0.1, 0.15) is 22.3 Å². The van der Waals surface area contributed by atoms with Crippen LogP contribution in [0.25, 0.3) is 11.1 Å². The first-order chi connectivity index (χ1) is 21.7. The highest BCUT2D eigenvalue weighted by Crippen LogP contribution is 2.64. The minimum absolute atomic E-state index is 0.0745. The van der Waals surface area contributed by atoms with Gasteiger partial charge >= 0.3 is 53.6 Å². The molecule has 0 bridgehead atoms. The molecule has 0 aromatic heterocycles. The summed E-state index contributed by atoms with van der Waals surface area (Å²) in [6.07, 6.45) is -10.6. The minimum Gasteiger partial charge on any atom is -0.459 e. The van der Waals surface area contributed by atoms with E-state index in [0.717, 1.165) is 0 Å². The lowest BCUT2D eigenvalue weighted by Crippen LogP contribution is -2.74. The van der Waals surface area contributed by atoms with E-state index >= 15 is 0 Å². The van der Waals surface area contributed by atoms with Gasteiger partial charge in [-0.15, -0.1) is 0 Å². The first kappa shape index (κ1) is 39.1. The van der Waals surface area contributed by atoms with E-state index in [9.17, 15) is 79.4 Å². The molecular weight excluding hydrogens is 711 g/mol. The van der Waals surface area contributed by atoms with E-state index in [0.29, 0.717) is 17.7 Å². The predicted molar refractivity (Wildman–Crippen MR) is 127 cm³/mol. The molecule has 0 saturated carbocycles. The van der Waals surface area contributed by atoms with Crippen molar-refractivity contribution in [3.8, 4) is 11.1 Å².